The maximum Gasteiger partial charge on any atom is 0.0477 e. The average molecular weight is 302 g/mol. The first-order chi connectivity index (χ1) is 10.2. The molecule has 2 aromatic rings. The highest BCUT2D eigenvalue weighted by molar-refractivity contribution is 6.31. The highest BCUT2D eigenvalue weighted by Crippen LogP contribution is 2.25. The summed E-state index contributed by atoms with van der Waals surface area (Å²) < 4.78 is 0. The fourth-order valence-corrected chi connectivity index (χ4v) is 3.02. The molecule has 0 saturated carbocycles. The second-order valence-corrected chi connectivity index (χ2v) is 5.96. The predicted molar refractivity (Wildman–Crippen MR) is 86.4 cm³/mol. The van der Waals surface area contributed by atoms with Crippen molar-refractivity contribution in [3.63, 3.8) is 0 Å². The van der Waals surface area contributed by atoms with Crippen LogP contribution < -0.4 is 5.32 Å². The summed E-state index contributed by atoms with van der Waals surface area (Å²) in [5, 5.41) is 4.33. The van der Waals surface area contributed by atoms with E-state index in [9.17, 15) is 0 Å². The Hall–Kier alpha value is -1.42. The SMILES string of the molecule is Cc1ccc(CN2CCNCC2c2ccncc2)cc1Cl. The molecule has 1 fully saturated rings. The Morgan fingerprint density at radius 2 is 2.10 bits per heavy atom. The Morgan fingerprint density at radius 1 is 1.29 bits per heavy atom. The normalized spacial score (nSPS) is 19.6. The van der Waals surface area contributed by atoms with Gasteiger partial charge in [0.05, 0.1) is 0 Å². The van der Waals surface area contributed by atoms with Gasteiger partial charge in [-0.2, -0.15) is 0 Å². The second-order valence-electron chi connectivity index (χ2n) is 5.55. The zero-order valence-corrected chi connectivity index (χ0v) is 13.0. The smallest absolute Gasteiger partial charge is 0.0477 e. The van der Waals surface area contributed by atoms with Crippen molar-refractivity contribution in [2.24, 2.45) is 0 Å². The summed E-state index contributed by atoms with van der Waals surface area (Å²) in [5.74, 6) is 0. The number of nitrogens with zero attached hydrogens (tertiary/aromatic N) is 2. The standard InChI is InChI=1S/C17H20ClN3/c1-13-2-3-14(10-16(13)18)12-21-9-8-20-11-17(21)15-4-6-19-7-5-15/h2-7,10,17,20H,8-9,11-12H2,1H3. The largest absolute Gasteiger partial charge is 0.314 e. The first-order valence-corrected chi connectivity index (χ1v) is 7.71. The summed E-state index contributed by atoms with van der Waals surface area (Å²) >= 11 is 6.25. The molecule has 110 valence electrons. The lowest BCUT2D eigenvalue weighted by atomic mass is 10.0. The van der Waals surface area contributed by atoms with E-state index in [0.717, 1.165) is 36.8 Å². The Morgan fingerprint density at radius 3 is 2.86 bits per heavy atom. The molecule has 1 atom stereocenters. The molecule has 3 nitrogen and oxygen atoms in total. The lowest BCUT2D eigenvalue weighted by Crippen LogP contribution is -2.45. The molecule has 0 amide bonds. The van der Waals surface area contributed by atoms with Crippen LogP contribution in [0.5, 0.6) is 0 Å². The van der Waals surface area contributed by atoms with Gasteiger partial charge in [0.25, 0.3) is 0 Å². The third-order valence-corrected chi connectivity index (χ3v) is 4.47. The summed E-state index contributed by atoms with van der Waals surface area (Å²) in [7, 11) is 0. The van der Waals surface area contributed by atoms with Crippen molar-refractivity contribution in [3.8, 4) is 0 Å². The van der Waals surface area contributed by atoms with E-state index in [4.69, 9.17) is 11.6 Å². The minimum absolute atomic E-state index is 0.391. The van der Waals surface area contributed by atoms with E-state index in [-0.39, 0.29) is 0 Å². The van der Waals surface area contributed by atoms with E-state index in [0.29, 0.717) is 6.04 Å². The molecule has 1 aromatic carbocycles. The van der Waals surface area contributed by atoms with Crippen LogP contribution in [0.4, 0.5) is 0 Å². The molecule has 0 radical (unpaired) electrons. The zero-order valence-electron chi connectivity index (χ0n) is 12.2. The summed E-state index contributed by atoms with van der Waals surface area (Å²) in [6.07, 6.45) is 3.73. The quantitative estimate of drug-likeness (QED) is 0.944. The lowest BCUT2D eigenvalue weighted by Gasteiger charge is -2.36. The number of piperazine rings is 1. The maximum atomic E-state index is 6.25. The molecule has 1 saturated heterocycles. The second kappa shape index (κ2) is 6.56. The fraction of sp³-hybridized carbons (Fsp3) is 0.353. The highest BCUT2D eigenvalue weighted by atomic mass is 35.5. The van der Waals surface area contributed by atoms with E-state index in [1.807, 2.05) is 19.3 Å². The molecule has 0 bridgehead atoms. The molecule has 1 N–H and O–H groups in total. The molecule has 1 unspecified atom stereocenters. The summed E-state index contributed by atoms with van der Waals surface area (Å²) in [6, 6.07) is 11.0. The van der Waals surface area contributed by atoms with Crippen LogP contribution in [0.1, 0.15) is 22.7 Å². The van der Waals surface area contributed by atoms with Gasteiger partial charge < -0.3 is 5.32 Å². The molecule has 4 heteroatoms. The Bertz CT molecular complexity index is 600. The minimum atomic E-state index is 0.391. The van der Waals surface area contributed by atoms with Crippen LogP contribution in [0, 0.1) is 6.92 Å². The van der Waals surface area contributed by atoms with Crippen LogP contribution >= 0.6 is 11.6 Å². The number of hydrogen-bond acceptors (Lipinski definition) is 3. The molecular weight excluding hydrogens is 282 g/mol. The van der Waals surface area contributed by atoms with Crippen LogP contribution in [0.2, 0.25) is 5.02 Å². The molecule has 21 heavy (non-hydrogen) atoms. The molecule has 0 aliphatic carbocycles. The lowest BCUT2D eigenvalue weighted by molar-refractivity contribution is 0.153. The Kier molecular flexibility index (Phi) is 4.54. The van der Waals surface area contributed by atoms with Crippen LogP contribution in [-0.2, 0) is 6.54 Å². The van der Waals surface area contributed by atoms with Crippen LogP contribution in [0.25, 0.3) is 0 Å². The van der Waals surface area contributed by atoms with Gasteiger partial charge in [-0.25, -0.2) is 0 Å². The van der Waals surface area contributed by atoms with Crippen LogP contribution in [0.3, 0.4) is 0 Å². The van der Waals surface area contributed by atoms with Gasteiger partial charge in [0, 0.05) is 49.6 Å². The van der Waals surface area contributed by atoms with E-state index in [2.05, 4.69) is 45.5 Å². The third kappa shape index (κ3) is 3.43. The molecule has 1 aliphatic rings. The molecule has 2 heterocycles. The van der Waals surface area contributed by atoms with Crippen LogP contribution in [-0.4, -0.2) is 29.5 Å². The molecule has 1 aliphatic heterocycles. The first-order valence-electron chi connectivity index (χ1n) is 7.34. The molecule has 1 aromatic heterocycles. The van der Waals surface area contributed by atoms with Gasteiger partial charge in [-0.1, -0.05) is 23.7 Å². The Labute approximate surface area is 131 Å². The number of pyridine rings is 1. The van der Waals surface area contributed by atoms with Crippen LogP contribution in [0.15, 0.2) is 42.7 Å². The fourth-order valence-electron chi connectivity index (χ4n) is 2.82. The topological polar surface area (TPSA) is 28.2 Å². The van der Waals surface area contributed by atoms with Gasteiger partial charge in [0.2, 0.25) is 0 Å². The number of halogens is 1. The summed E-state index contributed by atoms with van der Waals surface area (Å²) in [4.78, 5) is 6.62. The number of hydrogen-bond donors (Lipinski definition) is 1. The highest BCUT2D eigenvalue weighted by Gasteiger charge is 2.23. The van der Waals surface area contributed by atoms with Crippen molar-refractivity contribution in [3.05, 3.63) is 64.4 Å². The summed E-state index contributed by atoms with van der Waals surface area (Å²) in [6.45, 7) is 6.01. The monoisotopic (exact) mass is 301 g/mol. The number of aromatic nitrogens is 1. The van der Waals surface area contributed by atoms with Gasteiger partial charge in [0.1, 0.15) is 0 Å². The number of nitrogens with one attached hydrogen (secondary N) is 1. The zero-order chi connectivity index (χ0) is 14.7. The maximum absolute atomic E-state index is 6.25. The average Bonchev–Trinajstić information content (AvgIpc) is 2.52. The van der Waals surface area contributed by atoms with Crippen molar-refractivity contribution in [1.82, 2.24) is 15.2 Å². The third-order valence-electron chi connectivity index (χ3n) is 4.07. The van der Waals surface area contributed by atoms with Crippen molar-refractivity contribution in [2.45, 2.75) is 19.5 Å². The van der Waals surface area contributed by atoms with Gasteiger partial charge in [-0.3, -0.25) is 9.88 Å². The van der Waals surface area contributed by atoms with E-state index < -0.39 is 0 Å². The van der Waals surface area contributed by atoms with E-state index in [1.165, 1.54) is 11.1 Å². The van der Waals surface area contributed by atoms with Crippen molar-refractivity contribution < 1.29 is 0 Å². The van der Waals surface area contributed by atoms with Gasteiger partial charge in [-0.15, -0.1) is 0 Å². The number of aryl methyl sites for hydroxylation is 1. The van der Waals surface area contributed by atoms with E-state index in [1.54, 1.807) is 0 Å². The number of rotatable bonds is 3. The van der Waals surface area contributed by atoms with E-state index >= 15 is 0 Å². The van der Waals surface area contributed by atoms with Gasteiger partial charge in [0.15, 0.2) is 0 Å². The molecule has 3 rings (SSSR count). The summed E-state index contributed by atoms with van der Waals surface area (Å²) in [5.41, 5.74) is 3.72. The molecule has 0 spiro atoms. The van der Waals surface area contributed by atoms with Gasteiger partial charge in [-0.05, 0) is 41.8 Å². The Balaban J connectivity index is 1.79. The predicted octanol–water partition coefficient (Wildman–Crippen LogP) is 3.19. The van der Waals surface area contributed by atoms with Crippen molar-refractivity contribution in [1.29, 1.82) is 0 Å². The van der Waals surface area contributed by atoms with Crippen molar-refractivity contribution in [2.75, 3.05) is 19.6 Å². The first kappa shape index (κ1) is 14.5. The minimum Gasteiger partial charge on any atom is -0.314 e. The van der Waals surface area contributed by atoms with Crippen molar-refractivity contribution >= 4 is 11.6 Å². The van der Waals surface area contributed by atoms with Gasteiger partial charge >= 0.3 is 0 Å². The number of benzene rings is 1. The molecular formula is C17H20ClN3.